The van der Waals surface area contributed by atoms with Crippen LogP contribution in [0.1, 0.15) is 42.3 Å². The topological polar surface area (TPSA) is 102 Å². The smallest absolute Gasteiger partial charge is 0.416 e. The van der Waals surface area contributed by atoms with Crippen LogP contribution in [0, 0.1) is 6.92 Å². The highest BCUT2D eigenvalue weighted by molar-refractivity contribution is 7.86. The van der Waals surface area contributed by atoms with Crippen LogP contribution in [-0.2, 0) is 38.9 Å². The summed E-state index contributed by atoms with van der Waals surface area (Å²) in [4.78, 5) is 16.6. The van der Waals surface area contributed by atoms with E-state index in [1.807, 2.05) is 0 Å². The molecule has 0 aliphatic carbocycles. The average molecular weight is 596 g/mol. The van der Waals surface area contributed by atoms with Crippen LogP contribution in [-0.4, -0.2) is 60.8 Å². The minimum absolute atomic E-state index is 0.0340. The number of alkyl halides is 3. The number of esters is 1. The molecule has 13 heteroatoms. The van der Waals surface area contributed by atoms with Crippen molar-refractivity contribution in [2.24, 2.45) is 0 Å². The molecule has 1 fully saturated rings. The van der Waals surface area contributed by atoms with Gasteiger partial charge >= 0.3 is 12.1 Å². The third kappa shape index (κ3) is 7.86. The average Bonchev–Trinajstić information content (AvgIpc) is 3.59. The van der Waals surface area contributed by atoms with Crippen molar-refractivity contribution in [2.45, 2.75) is 45.8 Å². The van der Waals surface area contributed by atoms with Crippen molar-refractivity contribution < 1.29 is 40.3 Å². The summed E-state index contributed by atoms with van der Waals surface area (Å²) < 4.78 is 84.1. The lowest BCUT2D eigenvalue weighted by molar-refractivity contribution is -0.143. The molecular weight excluding hydrogens is 563 g/mol. The Morgan fingerprint density at radius 2 is 1.83 bits per heavy atom. The van der Waals surface area contributed by atoms with Gasteiger partial charge in [-0.2, -0.15) is 30.2 Å². The molecule has 0 bridgehead atoms. The van der Waals surface area contributed by atoms with Crippen LogP contribution in [0.2, 0.25) is 0 Å². The van der Waals surface area contributed by atoms with E-state index in [1.54, 1.807) is 38.1 Å². The van der Waals surface area contributed by atoms with E-state index in [4.69, 9.17) is 13.9 Å². The molecule has 41 heavy (non-hydrogen) atoms. The van der Waals surface area contributed by atoms with Crippen LogP contribution < -0.4 is 4.74 Å². The van der Waals surface area contributed by atoms with E-state index in [0.29, 0.717) is 47.8 Å². The number of aryl methyl sites for hydroxylation is 1. The van der Waals surface area contributed by atoms with Crippen molar-refractivity contribution in [1.82, 2.24) is 13.6 Å². The molecule has 3 aromatic rings. The van der Waals surface area contributed by atoms with E-state index in [9.17, 15) is 26.4 Å². The van der Waals surface area contributed by atoms with E-state index in [1.165, 1.54) is 16.4 Å². The lowest BCUT2D eigenvalue weighted by Crippen LogP contribution is -2.44. The summed E-state index contributed by atoms with van der Waals surface area (Å²) in [6.07, 6.45) is -2.51. The van der Waals surface area contributed by atoms with Gasteiger partial charge in [0, 0.05) is 31.6 Å². The van der Waals surface area contributed by atoms with Gasteiger partial charge in [-0.3, -0.25) is 4.79 Å². The highest BCUT2D eigenvalue weighted by Gasteiger charge is 2.33. The Labute approximate surface area is 237 Å². The van der Waals surface area contributed by atoms with Gasteiger partial charge in [0.15, 0.2) is 0 Å². The van der Waals surface area contributed by atoms with Gasteiger partial charge in [-0.25, -0.2) is 4.98 Å². The molecular formula is C28H32F3N3O6S. The number of benzene rings is 2. The van der Waals surface area contributed by atoms with Gasteiger partial charge in [-0.1, -0.05) is 12.1 Å². The number of halogens is 3. The Morgan fingerprint density at radius 1 is 1.12 bits per heavy atom. The number of hydrogen-bond donors (Lipinski definition) is 0. The molecule has 0 spiro atoms. The van der Waals surface area contributed by atoms with E-state index < -0.39 is 34.5 Å². The molecule has 0 saturated carbocycles. The van der Waals surface area contributed by atoms with E-state index >= 15 is 0 Å². The van der Waals surface area contributed by atoms with Crippen molar-refractivity contribution in [3.8, 4) is 17.2 Å². The number of carbonyl (C=O) groups excluding carboxylic acids is 1. The summed E-state index contributed by atoms with van der Waals surface area (Å²) in [5.74, 6) is 0.621. The lowest BCUT2D eigenvalue weighted by atomic mass is 10.1. The molecule has 0 unspecified atom stereocenters. The first kappa shape index (κ1) is 30.5. The Kier molecular flexibility index (Phi) is 9.72. The maximum atomic E-state index is 13.2. The zero-order valence-corrected chi connectivity index (χ0v) is 23.6. The fourth-order valence-electron chi connectivity index (χ4n) is 4.44. The van der Waals surface area contributed by atoms with Crippen molar-refractivity contribution in [3.05, 3.63) is 71.1 Å². The standard InChI is InChI=1S/C28H32F3N3O6S/c1-3-38-26(35)19-34(41(36,37)33-14-4-5-15-33)18-21-7-6-8-24(17-21)39-16-13-25-20(2)40-27(32-25)22-9-11-23(12-10-22)28(29,30)31/h6-12,17H,3-5,13-16,18-19H2,1-2H3. The predicted molar refractivity (Wildman–Crippen MR) is 144 cm³/mol. The number of carbonyl (C=O) groups is 1. The van der Waals surface area contributed by atoms with Crippen molar-refractivity contribution in [2.75, 3.05) is 32.8 Å². The van der Waals surface area contributed by atoms with E-state index in [2.05, 4.69) is 4.98 Å². The predicted octanol–water partition coefficient (Wildman–Crippen LogP) is 5.00. The third-order valence-corrected chi connectivity index (χ3v) is 8.47. The largest absolute Gasteiger partial charge is 0.493 e. The molecule has 1 aliphatic rings. The molecule has 0 atom stereocenters. The van der Waals surface area contributed by atoms with Gasteiger partial charge in [0.25, 0.3) is 10.2 Å². The molecule has 1 aromatic heterocycles. The zero-order valence-electron chi connectivity index (χ0n) is 22.8. The van der Waals surface area contributed by atoms with Crippen LogP contribution >= 0.6 is 0 Å². The summed E-state index contributed by atoms with van der Waals surface area (Å²) in [6, 6.07) is 11.5. The second-order valence-electron chi connectivity index (χ2n) is 9.53. The second kappa shape index (κ2) is 13.0. The molecule has 2 heterocycles. The van der Waals surface area contributed by atoms with E-state index in [-0.39, 0.29) is 25.6 Å². The number of rotatable bonds is 12. The van der Waals surface area contributed by atoms with E-state index in [0.717, 1.165) is 29.3 Å². The van der Waals surface area contributed by atoms with Crippen LogP contribution in [0.15, 0.2) is 52.9 Å². The van der Waals surface area contributed by atoms with Crippen molar-refractivity contribution in [1.29, 1.82) is 0 Å². The molecule has 222 valence electrons. The van der Waals surface area contributed by atoms with Crippen LogP contribution in [0.3, 0.4) is 0 Å². The molecule has 2 aromatic carbocycles. The van der Waals surface area contributed by atoms with Gasteiger partial charge in [-0.05, 0) is 68.7 Å². The normalized spacial score (nSPS) is 14.5. The first-order chi connectivity index (χ1) is 19.5. The summed E-state index contributed by atoms with van der Waals surface area (Å²) >= 11 is 0. The Balaban J connectivity index is 1.40. The fourth-order valence-corrected chi connectivity index (χ4v) is 6.07. The molecule has 1 saturated heterocycles. The molecule has 1 aliphatic heterocycles. The summed E-state index contributed by atoms with van der Waals surface area (Å²) in [5, 5.41) is 0. The Hall–Kier alpha value is -3.42. The van der Waals surface area contributed by atoms with Gasteiger partial charge < -0.3 is 13.9 Å². The van der Waals surface area contributed by atoms with Crippen LogP contribution in [0.25, 0.3) is 11.5 Å². The quantitative estimate of drug-likeness (QED) is 0.272. The number of aromatic nitrogens is 1. The summed E-state index contributed by atoms with van der Waals surface area (Å²) in [7, 11) is -3.86. The minimum atomic E-state index is -4.42. The minimum Gasteiger partial charge on any atom is -0.493 e. The third-order valence-electron chi connectivity index (χ3n) is 6.55. The van der Waals surface area contributed by atoms with Gasteiger partial charge in [0.1, 0.15) is 18.1 Å². The maximum absolute atomic E-state index is 13.2. The molecule has 0 amide bonds. The van der Waals surface area contributed by atoms with Gasteiger partial charge in [0.2, 0.25) is 5.89 Å². The summed E-state index contributed by atoms with van der Waals surface area (Å²) in [6.45, 7) is 4.14. The van der Waals surface area contributed by atoms with Gasteiger partial charge in [-0.15, -0.1) is 0 Å². The fraction of sp³-hybridized carbons (Fsp3) is 0.429. The first-order valence-corrected chi connectivity index (χ1v) is 14.6. The number of nitrogens with zero attached hydrogens (tertiary/aromatic N) is 3. The maximum Gasteiger partial charge on any atom is 0.416 e. The first-order valence-electron chi connectivity index (χ1n) is 13.2. The van der Waals surface area contributed by atoms with Crippen molar-refractivity contribution in [3.63, 3.8) is 0 Å². The van der Waals surface area contributed by atoms with Crippen molar-refractivity contribution >= 4 is 16.2 Å². The van der Waals surface area contributed by atoms with Crippen LogP contribution in [0.4, 0.5) is 13.2 Å². The Morgan fingerprint density at radius 3 is 2.49 bits per heavy atom. The zero-order chi connectivity index (χ0) is 29.6. The van der Waals surface area contributed by atoms with Crippen LogP contribution in [0.5, 0.6) is 5.75 Å². The highest BCUT2D eigenvalue weighted by atomic mass is 32.2. The number of hydrogen-bond acceptors (Lipinski definition) is 7. The Bertz CT molecular complexity index is 1430. The molecule has 4 rings (SSSR count). The second-order valence-corrected chi connectivity index (χ2v) is 11.5. The molecule has 0 radical (unpaired) electrons. The number of oxazole rings is 1. The monoisotopic (exact) mass is 595 g/mol. The molecule has 9 nitrogen and oxygen atoms in total. The molecule has 0 N–H and O–H groups in total. The lowest BCUT2D eigenvalue weighted by Gasteiger charge is -2.26. The highest BCUT2D eigenvalue weighted by Crippen LogP contribution is 2.31. The number of ether oxygens (including phenoxy) is 2. The SMILES string of the molecule is CCOC(=O)CN(Cc1cccc(OCCc2nc(-c3ccc(C(F)(F)F)cc3)oc2C)c1)S(=O)(=O)N1CCCC1. The van der Waals surface area contributed by atoms with Gasteiger partial charge in [0.05, 0.1) is 24.5 Å². The summed E-state index contributed by atoms with van der Waals surface area (Å²) in [5.41, 5.74) is 0.917.